The maximum atomic E-state index is 5.07. The molecule has 4 nitrogen and oxygen atoms in total. The minimum atomic E-state index is 0.632. The summed E-state index contributed by atoms with van der Waals surface area (Å²) < 4.78 is 2.44. The molecule has 246 valence electrons. The van der Waals surface area contributed by atoms with Gasteiger partial charge in [0, 0.05) is 43.9 Å². The number of nitrogens with zero attached hydrogens (tertiary/aromatic N) is 4. The van der Waals surface area contributed by atoms with E-state index in [1.54, 1.807) is 0 Å². The standard InChI is InChI=1S/C49H30N4/c1-3-16-31(17-4-1)47-50-48(32-18-5-2-6-19-32)52-49(51-47)33-20-15-21-34(30-33)53-42-29-14-13-28-41(42)45-44-38-25-10-8-23-36(38)35-22-7-9-24-37(35)43(44)39-26-11-12-27-40(39)46(45)53/h1-30H. The summed E-state index contributed by atoms with van der Waals surface area (Å²) in [7, 11) is 0. The average Bonchev–Trinajstić information content (AvgIpc) is 3.59. The zero-order chi connectivity index (χ0) is 34.9. The predicted octanol–water partition coefficient (Wildman–Crippen LogP) is 12.6. The predicted molar refractivity (Wildman–Crippen MR) is 220 cm³/mol. The van der Waals surface area contributed by atoms with E-state index in [-0.39, 0.29) is 0 Å². The summed E-state index contributed by atoms with van der Waals surface area (Å²) in [6.07, 6.45) is 0. The lowest BCUT2D eigenvalue weighted by atomic mass is 9.88. The van der Waals surface area contributed by atoms with Gasteiger partial charge in [-0.15, -0.1) is 0 Å². The Morgan fingerprint density at radius 1 is 0.302 bits per heavy atom. The number of fused-ring (bicyclic) bond motifs is 13. The lowest BCUT2D eigenvalue weighted by Gasteiger charge is -2.16. The SMILES string of the molecule is c1ccc(-c2nc(-c3ccccc3)nc(-c3cccc(-n4c5ccccc5c5c6c7ccccc7c7ccccc7c6c6ccccc6c54)c3)n2)cc1. The Balaban J connectivity index is 1.25. The summed E-state index contributed by atoms with van der Waals surface area (Å²) in [6.45, 7) is 0. The van der Waals surface area contributed by atoms with E-state index in [4.69, 9.17) is 15.0 Å². The first kappa shape index (κ1) is 29.5. The third-order valence-corrected chi connectivity index (χ3v) is 10.6. The molecule has 0 fully saturated rings. The number of para-hydroxylation sites is 1. The highest BCUT2D eigenvalue weighted by molar-refractivity contribution is 6.42. The van der Waals surface area contributed by atoms with E-state index in [2.05, 4.69) is 126 Å². The van der Waals surface area contributed by atoms with Gasteiger partial charge in [0.2, 0.25) is 0 Å². The van der Waals surface area contributed by atoms with Crippen LogP contribution in [0, 0.1) is 0 Å². The molecule has 53 heavy (non-hydrogen) atoms. The molecule has 0 saturated carbocycles. The van der Waals surface area contributed by atoms with Gasteiger partial charge in [0.05, 0.1) is 11.0 Å². The van der Waals surface area contributed by atoms with Crippen molar-refractivity contribution in [2.75, 3.05) is 0 Å². The van der Waals surface area contributed by atoms with Crippen molar-refractivity contribution in [2.24, 2.45) is 0 Å². The average molecular weight is 675 g/mol. The summed E-state index contributed by atoms with van der Waals surface area (Å²) in [4.78, 5) is 15.1. The number of rotatable bonds is 4. The van der Waals surface area contributed by atoms with Gasteiger partial charge in [-0.05, 0) is 50.5 Å². The summed E-state index contributed by atoms with van der Waals surface area (Å²) in [6, 6.07) is 64.4. The monoisotopic (exact) mass is 674 g/mol. The summed E-state index contributed by atoms with van der Waals surface area (Å²) >= 11 is 0. The molecule has 11 rings (SSSR count). The molecule has 0 bridgehead atoms. The van der Waals surface area contributed by atoms with Gasteiger partial charge in [0.25, 0.3) is 0 Å². The van der Waals surface area contributed by atoms with Crippen molar-refractivity contribution in [2.45, 2.75) is 0 Å². The van der Waals surface area contributed by atoms with Gasteiger partial charge in [-0.25, -0.2) is 15.0 Å². The van der Waals surface area contributed by atoms with E-state index >= 15 is 0 Å². The van der Waals surface area contributed by atoms with E-state index in [1.165, 1.54) is 59.4 Å². The largest absolute Gasteiger partial charge is 0.309 e. The Hall–Kier alpha value is -7.17. The second-order valence-corrected chi connectivity index (χ2v) is 13.6. The molecule has 0 aliphatic carbocycles. The van der Waals surface area contributed by atoms with Crippen molar-refractivity contribution >= 4 is 64.9 Å². The Labute approximate surface area is 305 Å². The maximum absolute atomic E-state index is 5.07. The van der Waals surface area contributed by atoms with E-state index in [0.717, 1.165) is 27.9 Å². The first-order valence-corrected chi connectivity index (χ1v) is 18.0. The van der Waals surface area contributed by atoms with E-state index < -0.39 is 0 Å². The molecular formula is C49H30N4. The third-order valence-electron chi connectivity index (χ3n) is 10.6. The van der Waals surface area contributed by atoms with Crippen molar-refractivity contribution in [3.05, 3.63) is 182 Å². The molecule has 0 aliphatic heterocycles. The molecule has 11 aromatic rings. The lowest BCUT2D eigenvalue weighted by molar-refractivity contribution is 1.07. The van der Waals surface area contributed by atoms with Gasteiger partial charge in [0.15, 0.2) is 17.5 Å². The van der Waals surface area contributed by atoms with Crippen LogP contribution >= 0.6 is 0 Å². The Bertz CT molecular complexity index is 3160. The molecule has 0 radical (unpaired) electrons. The zero-order valence-corrected chi connectivity index (χ0v) is 28.6. The second kappa shape index (κ2) is 11.7. The smallest absolute Gasteiger partial charge is 0.164 e. The van der Waals surface area contributed by atoms with Crippen LogP contribution in [0.5, 0.6) is 0 Å². The van der Waals surface area contributed by atoms with Crippen LogP contribution in [0.2, 0.25) is 0 Å². The van der Waals surface area contributed by atoms with Crippen LogP contribution in [-0.2, 0) is 0 Å². The van der Waals surface area contributed by atoms with Crippen LogP contribution in [0.15, 0.2) is 182 Å². The zero-order valence-electron chi connectivity index (χ0n) is 28.6. The fourth-order valence-electron chi connectivity index (χ4n) is 8.33. The Morgan fingerprint density at radius 3 is 1.34 bits per heavy atom. The summed E-state index contributed by atoms with van der Waals surface area (Å²) in [5.41, 5.74) is 6.21. The fourth-order valence-corrected chi connectivity index (χ4v) is 8.33. The Kier molecular flexibility index (Phi) is 6.52. The molecule has 0 N–H and O–H groups in total. The minimum absolute atomic E-state index is 0.632. The van der Waals surface area contributed by atoms with Crippen LogP contribution in [0.1, 0.15) is 0 Å². The molecule has 0 unspecified atom stereocenters. The van der Waals surface area contributed by atoms with Gasteiger partial charge in [-0.3, -0.25) is 0 Å². The number of hydrogen-bond donors (Lipinski definition) is 0. The molecule has 4 heteroatoms. The van der Waals surface area contributed by atoms with Crippen molar-refractivity contribution < 1.29 is 0 Å². The van der Waals surface area contributed by atoms with Crippen molar-refractivity contribution in [3.63, 3.8) is 0 Å². The molecule has 0 saturated heterocycles. The molecule has 0 atom stereocenters. The van der Waals surface area contributed by atoms with Crippen molar-refractivity contribution in [1.29, 1.82) is 0 Å². The quantitative estimate of drug-likeness (QED) is 0.175. The van der Waals surface area contributed by atoms with Gasteiger partial charge in [0.1, 0.15) is 0 Å². The van der Waals surface area contributed by atoms with E-state index in [0.29, 0.717) is 17.5 Å². The normalized spacial score (nSPS) is 11.8. The second-order valence-electron chi connectivity index (χ2n) is 13.6. The summed E-state index contributed by atoms with van der Waals surface area (Å²) in [5.74, 6) is 1.93. The molecule has 2 heterocycles. The maximum Gasteiger partial charge on any atom is 0.164 e. The minimum Gasteiger partial charge on any atom is -0.309 e. The van der Waals surface area contributed by atoms with Gasteiger partial charge >= 0.3 is 0 Å². The summed E-state index contributed by atoms with van der Waals surface area (Å²) in [5, 5.41) is 12.6. The molecule has 9 aromatic carbocycles. The molecular weight excluding hydrogens is 645 g/mol. The Morgan fingerprint density at radius 2 is 0.736 bits per heavy atom. The molecule has 0 spiro atoms. The van der Waals surface area contributed by atoms with Crippen molar-refractivity contribution in [1.82, 2.24) is 19.5 Å². The number of hydrogen-bond acceptors (Lipinski definition) is 3. The number of aromatic nitrogens is 4. The van der Waals surface area contributed by atoms with Crippen molar-refractivity contribution in [3.8, 4) is 39.9 Å². The van der Waals surface area contributed by atoms with Crippen LogP contribution in [-0.4, -0.2) is 19.5 Å². The highest BCUT2D eigenvalue weighted by Gasteiger charge is 2.22. The highest BCUT2D eigenvalue weighted by Crippen LogP contribution is 2.47. The highest BCUT2D eigenvalue weighted by atomic mass is 15.0. The number of benzene rings is 9. The first-order chi connectivity index (χ1) is 26.3. The van der Waals surface area contributed by atoms with Crippen LogP contribution in [0.3, 0.4) is 0 Å². The lowest BCUT2D eigenvalue weighted by Crippen LogP contribution is -2.01. The van der Waals surface area contributed by atoms with E-state index in [9.17, 15) is 0 Å². The van der Waals surface area contributed by atoms with Gasteiger partial charge in [-0.2, -0.15) is 0 Å². The fraction of sp³-hybridized carbons (Fsp3) is 0. The molecule has 2 aromatic heterocycles. The molecule has 0 amide bonds. The van der Waals surface area contributed by atoms with Crippen LogP contribution < -0.4 is 0 Å². The third kappa shape index (κ3) is 4.52. The van der Waals surface area contributed by atoms with Crippen LogP contribution in [0.25, 0.3) is 105 Å². The van der Waals surface area contributed by atoms with Gasteiger partial charge < -0.3 is 4.57 Å². The van der Waals surface area contributed by atoms with Gasteiger partial charge in [-0.1, -0.05) is 164 Å². The topological polar surface area (TPSA) is 43.6 Å². The van der Waals surface area contributed by atoms with Crippen LogP contribution in [0.4, 0.5) is 0 Å². The van der Waals surface area contributed by atoms with E-state index in [1.807, 2.05) is 60.7 Å². The first-order valence-electron chi connectivity index (χ1n) is 18.0. The molecule has 0 aliphatic rings.